The smallest absolute Gasteiger partial charge is 0.267 e. The van der Waals surface area contributed by atoms with E-state index in [-0.39, 0.29) is 11.9 Å². The Morgan fingerprint density at radius 1 is 1.22 bits per heavy atom. The van der Waals surface area contributed by atoms with E-state index in [4.69, 9.17) is 4.74 Å². The average molecular weight is 386 g/mol. The maximum Gasteiger partial charge on any atom is 0.267 e. The zero-order valence-electron chi connectivity index (χ0n) is 16.1. The number of benzene rings is 1. The van der Waals surface area contributed by atoms with Crippen LogP contribution in [-0.2, 0) is 0 Å². The second kappa shape index (κ2) is 9.06. The summed E-state index contributed by atoms with van der Waals surface area (Å²) in [7, 11) is 0. The number of likely N-dealkylation sites (N-methyl/N-ethyl adjacent to an activating group) is 1. The van der Waals surface area contributed by atoms with Crippen molar-refractivity contribution in [3.05, 3.63) is 52.3 Å². The lowest BCUT2D eigenvalue weighted by molar-refractivity contribution is 0.0931. The van der Waals surface area contributed by atoms with Crippen LogP contribution in [0, 0.1) is 0 Å². The van der Waals surface area contributed by atoms with Gasteiger partial charge in [0.1, 0.15) is 11.4 Å². The number of nitrogens with zero attached hydrogens (tertiary/aromatic N) is 1. The first-order chi connectivity index (χ1) is 13.2. The molecule has 0 aliphatic rings. The van der Waals surface area contributed by atoms with E-state index < -0.39 is 0 Å². The molecule has 3 aromatic rings. The van der Waals surface area contributed by atoms with Crippen LogP contribution in [0.2, 0.25) is 0 Å². The van der Waals surface area contributed by atoms with Crippen molar-refractivity contribution in [3.63, 3.8) is 0 Å². The van der Waals surface area contributed by atoms with E-state index in [1.54, 1.807) is 11.3 Å². The fraction of sp³-hybridized carbons (Fsp3) is 0.381. The Bertz CT molecular complexity index is 869. The molecule has 0 radical (unpaired) electrons. The van der Waals surface area contributed by atoms with Gasteiger partial charge in [-0.25, -0.2) is 0 Å². The number of aromatic nitrogens is 1. The highest BCUT2D eigenvalue weighted by molar-refractivity contribution is 7.07. The van der Waals surface area contributed by atoms with Crippen LogP contribution in [0.5, 0.6) is 5.75 Å². The first kappa shape index (κ1) is 19.5. The molecule has 2 aromatic heterocycles. The summed E-state index contributed by atoms with van der Waals surface area (Å²) in [6, 6.07) is 10.0. The monoisotopic (exact) mass is 385 g/mol. The van der Waals surface area contributed by atoms with Crippen LogP contribution in [-0.4, -0.2) is 42.0 Å². The third-order valence-corrected chi connectivity index (χ3v) is 5.49. The largest absolute Gasteiger partial charge is 0.494 e. The Hall–Kier alpha value is -2.31. The van der Waals surface area contributed by atoms with E-state index >= 15 is 0 Å². The lowest BCUT2D eigenvalue weighted by Crippen LogP contribution is -2.38. The molecular weight excluding hydrogens is 358 g/mol. The van der Waals surface area contributed by atoms with Crippen LogP contribution in [0.3, 0.4) is 0 Å². The molecule has 0 fully saturated rings. The number of H-pyrrole nitrogens is 1. The summed E-state index contributed by atoms with van der Waals surface area (Å²) in [5.74, 6) is 0.717. The minimum atomic E-state index is -0.0865. The number of aromatic amines is 1. The molecule has 5 nitrogen and oxygen atoms in total. The second-order valence-corrected chi connectivity index (χ2v) is 7.15. The number of hydrogen-bond acceptors (Lipinski definition) is 4. The van der Waals surface area contributed by atoms with Gasteiger partial charge in [-0.15, -0.1) is 0 Å². The molecule has 2 N–H and O–H groups in total. The van der Waals surface area contributed by atoms with Crippen molar-refractivity contribution in [2.75, 3.05) is 26.2 Å². The van der Waals surface area contributed by atoms with Gasteiger partial charge in [0.2, 0.25) is 0 Å². The second-order valence-electron chi connectivity index (χ2n) is 6.37. The molecule has 1 aromatic carbocycles. The van der Waals surface area contributed by atoms with Gasteiger partial charge in [0.05, 0.1) is 12.6 Å². The zero-order valence-corrected chi connectivity index (χ0v) is 16.9. The van der Waals surface area contributed by atoms with Crippen LogP contribution < -0.4 is 10.1 Å². The number of carbonyl (C=O) groups is 1. The van der Waals surface area contributed by atoms with Gasteiger partial charge in [0, 0.05) is 23.5 Å². The Morgan fingerprint density at radius 2 is 2.04 bits per heavy atom. The van der Waals surface area contributed by atoms with Gasteiger partial charge in [-0.1, -0.05) is 13.8 Å². The number of rotatable bonds is 9. The lowest BCUT2D eigenvalue weighted by Gasteiger charge is -2.29. The number of fused-ring (bicyclic) bond motifs is 1. The Kier molecular flexibility index (Phi) is 6.53. The number of hydrogen-bond donors (Lipinski definition) is 2. The number of carbonyl (C=O) groups excluding carboxylic acids is 1. The van der Waals surface area contributed by atoms with E-state index in [0.717, 1.165) is 29.7 Å². The SMILES string of the molecule is CCOc1ccc2cc(C(=O)NCC(c3ccsc3)N(CC)CC)[nH]c2c1. The topological polar surface area (TPSA) is 57.4 Å². The normalized spacial score (nSPS) is 12.4. The molecule has 3 rings (SSSR count). The van der Waals surface area contributed by atoms with Crippen molar-refractivity contribution in [1.82, 2.24) is 15.2 Å². The summed E-state index contributed by atoms with van der Waals surface area (Å²) in [4.78, 5) is 18.3. The summed E-state index contributed by atoms with van der Waals surface area (Å²) in [6.45, 7) is 9.35. The summed E-state index contributed by atoms with van der Waals surface area (Å²) in [6.07, 6.45) is 0. The number of amides is 1. The fourth-order valence-corrected chi connectivity index (χ4v) is 4.06. The fourth-order valence-electron chi connectivity index (χ4n) is 3.36. The Morgan fingerprint density at radius 3 is 2.70 bits per heavy atom. The first-order valence-corrected chi connectivity index (χ1v) is 10.4. The van der Waals surface area contributed by atoms with Crippen molar-refractivity contribution in [2.45, 2.75) is 26.8 Å². The van der Waals surface area contributed by atoms with Crippen LogP contribution in [0.25, 0.3) is 10.9 Å². The van der Waals surface area contributed by atoms with Gasteiger partial charge in [-0.3, -0.25) is 9.69 Å². The van der Waals surface area contributed by atoms with Gasteiger partial charge in [-0.2, -0.15) is 11.3 Å². The highest BCUT2D eigenvalue weighted by Crippen LogP contribution is 2.23. The minimum absolute atomic E-state index is 0.0865. The molecule has 0 saturated carbocycles. The molecule has 0 spiro atoms. The molecule has 2 heterocycles. The molecule has 6 heteroatoms. The predicted octanol–water partition coefficient (Wildman–Crippen LogP) is 4.44. The molecule has 27 heavy (non-hydrogen) atoms. The number of thiophene rings is 1. The summed E-state index contributed by atoms with van der Waals surface area (Å²) < 4.78 is 5.53. The molecule has 144 valence electrons. The number of ether oxygens (including phenoxy) is 1. The standard InChI is InChI=1S/C21H27N3O2S/c1-4-24(5-2)20(16-9-10-27-14-16)13-22-21(25)19-11-15-7-8-17(26-6-3)12-18(15)23-19/h7-12,14,20,23H,4-6,13H2,1-3H3,(H,22,25). The molecular formula is C21H27N3O2S. The quantitative estimate of drug-likeness (QED) is 0.572. The van der Waals surface area contributed by atoms with E-state index in [1.807, 2.05) is 31.2 Å². The lowest BCUT2D eigenvalue weighted by atomic mass is 10.1. The highest BCUT2D eigenvalue weighted by Gasteiger charge is 2.20. The van der Waals surface area contributed by atoms with Gasteiger partial charge in [0.25, 0.3) is 5.91 Å². The zero-order chi connectivity index (χ0) is 19.2. The van der Waals surface area contributed by atoms with E-state index in [1.165, 1.54) is 5.56 Å². The molecule has 1 atom stereocenters. The third kappa shape index (κ3) is 4.51. The molecule has 1 unspecified atom stereocenters. The van der Waals surface area contributed by atoms with Crippen molar-refractivity contribution in [2.24, 2.45) is 0 Å². The molecule has 0 saturated heterocycles. The van der Waals surface area contributed by atoms with E-state index in [2.05, 4.69) is 45.9 Å². The summed E-state index contributed by atoms with van der Waals surface area (Å²) >= 11 is 1.69. The predicted molar refractivity (Wildman–Crippen MR) is 112 cm³/mol. The van der Waals surface area contributed by atoms with E-state index in [9.17, 15) is 4.79 Å². The Labute approximate surface area is 164 Å². The van der Waals surface area contributed by atoms with Crippen molar-refractivity contribution in [3.8, 4) is 5.75 Å². The average Bonchev–Trinajstić information content (AvgIpc) is 3.34. The van der Waals surface area contributed by atoms with Gasteiger partial charge in [0.15, 0.2) is 0 Å². The van der Waals surface area contributed by atoms with Crippen LogP contribution in [0.1, 0.15) is 42.9 Å². The van der Waals surface area contributed by atoms with Crippen molar-refractivity contribution >= 4 is 28.1 Å². The van der Waals surface area contributed by atoms with Gasteiger partial charge in [-0.05, 0) is 60.6 Å². The maximum atomic E-state index is 12.7. The van der Waals surface area contributed by atoms with Crippen LogP contribution >= 0.6 is 11.3 Å². The van der Waals surface area contributed by atoms with Gasteiger partial charge >= 0.3 is 0 Å². The first-order valence-electron chi connectivity index (χ1n) is 9.46. The summed E-state index contributed by atoms with van der Waals surface area (Å²) in [5.41, 5.74) is 2.73. The molecule has 0 aliphatic heterocycles. The highest BCUT2D eigenvalue weighted by atomic mass is 32.1. The van der Waals surface area contributed by atoms with Crippen molar-refractivity contribution < 1.29 is 9.53 Å². The molecule has 0 aliphatic carbocycles. The number of nitrogens with one attached hydrogen (secondary N) is 2. The third-order valence-electron chi connectivity index (χ3n) is 4.79. The molecule has 1 amide bonds. The van der Waals surface area contributed by atoms with Gasteiger partial charge < -0.3 is 15.0 Å². The minimum Gasteiger partial charge on any atom is -0.494 e. The molecule has 0 bridgehead atoms. The van der Waals surface area contributed by atoms with E-state index in [0.29, 0.717) is 18.8 Å². The van der Waals surface area contributed by atoms with Crippen LogP contribution in [0.15, 0.2) is 41.1 Å². The Balaban J connectivity index is 1.72. The summed E-state index contributed by atoms with van der Waals surface area (Å²) in [5, 5.41) is 8.34. The van der Waals surface area contributed by atoms with Crippen LogP contribution in [0.4, 0.5) is 0 Å². The van der Waals surface area contributed by atoms with Crippen molar-refractivity contribution in [1.29, 1.82) is 0 Å². The maximum absolute atomic E-state index is 12.7.